The highest BCUT2D eigenvalue weighted by Gasteiger charge is 2.14. The Kier molecular flexibility index (Phi) is 4.98. The molecule has 0 saturated carbocycles. The normalized spacial score (nSPS) is 12.1. The van der Waals surface area contributed by atoms with Crippen molar-refractivity contribution in [2.24, 2.45) is 0 Å². The highest BCUT2D eigenvalue weighted by molar-refractivity contribution is 5.92. The van der Waals surface area contributed by atoms with E-state index in [1.807, 2.05) is 0 Å². The van der Waals surface area contributed by atoms with E-state index in [9.17, 15) is 14.4 Å². The van der Waals surface area contributed by atoms with Crippen LogP contribution < -0.4 is 0 Å². The van der Waals surface area contributed by atoms with Crippen molar-refractivity contribution in [2.45, 2.75) is 13.0 Å². The van der Waals surface area contributed by atoms with E-state index in [4.69, 9.17) is 5.11 Å². The lowest BCUT2D eigenvalue weighted by molar-refractivity contribution is -0.159. The van der Waals surface area contributed by atoms with Gasteiger partial charge in [-0.25, -0.2) is 14.4 Å². The molecule has 0 spiro atoms. The molecule has 0 aliphatic rings. The molecule has 0 radical (unpaired) electrons. The number of hydrogen-bond acceptors (Lipinski definition) is 5. The molecular formula is C8H10O6. The van der Waals surface area contributed by atoms with Gasteiger partial charge < -0.3 is 14.6 Å². The first-order valence-electron chi connectivity index (χ1n) is 3.66. The average Bonchev–Trinajstić information content (AvgIpc) is 2.13. The second-order valence-electron chi connectivity index (χ2n) is 2.27. The first-order valence-corrected chi connectivity index (χ1v) is 3.66. The summed E-state index contributed by atoms with van der Waals surface area (Å²) in [7, 11) is 1.15. The Balaban J connectivity index is 4.05. The summed E-state index contributed by atoms with van der Waals surface area (Å²) in [6.45, 7) is 1.20. The summed E-state index contributed by atoms with van der Waals surface area (Å²) >= 11 is 0. The van der Waals surface area contributed by atoms with Crippen LogP contribution in [0, 0.1) is 0 Å². The SMILES string of the molecule is COC(=O)/C=C/C(=O)O[C@H](C)C(=O)O. The number of ether oxygens (including phenoxy) is 2. The second-order valence-corrected chi connectivity index (χ2v) is 2.27. The minimum atomic E-state index is -1.26. The van der Waals surface area contributed by atoms with E-state index in [-0.39, 0.29) is 0 Å². The molecule has 6 nitrogen and oxygen atoms in total. The molecule has 0 unspecified atom stereocenters. The maximum Gasteiger partial charge on any atom is 0.344 e. The van der Waals surface area contributed by atoms with Crippen molar-refractivity contribution in [3.05, 3.63) is 12.2 Å². The largest absolute Gasteiger partial charge is 0.479 e. The summed E-state index contributed by atoms with van der Waals surface area (Å²) in [6.07, 6.45) is 0.395. The quantitative estimate of drug-likeness (QED) is 0.498. The van der Waals surface area contributed by atoms with Crippen molar-refractivity contribution >= 4 is 17.9 Å². The van der Waals surface area contributed by atoms with E-state index >= 15 is 0 Å². The third-order valence-electron chi connectivity index (χ3n) is 1.20. The van der Waals surface area contributed by atoms with Crippen LogP contribution in [0.2, 0.25) is 0 Å². The molecular weight excluding hydrogens is 192 g/mol. The Bertz CT molecular complexity index is 267. The molecule has 6 heteroatoms. The van der Waals surface area contributed by atoms with Crippen molar-refractivity contribution in [1.82, 2.24) is 0 Å². The van der Waals surface area contributed by atoms with Crippen LogP contribution in [-0.4, -0.2) is 36.2 Å². The number of rotatable bonds is 4. The maximum atomic E-state index is 10.8. The van der Waals surface area contributed by atoms with Gasteiger partial charge in [0.1, 0.15) is 0 Å². The molecule has 14 heavy (non-hydrogen) atoms. The van der Waals surface area contributed by atoms with Gasteiger partial charge in [0.2, 0.25) is 0 Å². The Morgan fingerprint density at radius 2 is 1.71 bits per heavy atom. The summed E-state index contributed by atoms with van der Waals surface area (Å²) in [6, 6.07) is 0. The molecule has 0 aromatic heterocycles. The topological polar surface area (TPSA) is 89.9 Å². The van der Waals surface area contributed by atoms with Gasteiger partial charge >= 0.3 is 17.9 Å². The van der Waals surface area contributed by atoms with Gasteiger partial charge in [0, 0.05) is 12.2 Å². The number of carboxylic acids is 1. The van der Waals surface area contributed by atoms with Crippen LogP contribution in [0.4, 0.5) is 0 Å². The summed E-state index contributed by atoms with van der Waals surface area (Å²) in [5, 5.41) is 8.36. The average molecular weight is 202 g/mol. The molecule has 0 aromatic carbocycles. The number of methoxy groups -OCH3 is 1. The highest BCUT2D eigenvalue weighted by atomic mass is 16.6. The number of carbonyl (C=O) groups excluding carboxylic acids is 2. The Labute approximate surface area is 80.1 Å². The van der Waals surface area contributed by atoms with Crippen molar-refractivity contribution in [3.8, 4) is 0 Å². The molecule has 0 bridgehead atoms. The lowest BCUT2D eigenvalue weighted by Crippen LogP contribution is -2.22. The zero-order valence-electron chi connectivity index (χ0n) is 7.72. The van der Waals surface area contributed by atoms with Gasteiger partial charge in [0.25, 0.3) is 0 Å². The van der Waals surface area contributed by atoms with Gasteiger partial charge in [0.15, 0.2) is 6.10 Å². The van der Waals surface area contributed by atoms with Crippen LogP contribution in [0.25, 0.3) is 0 Å². The molecule has 0 fully saturated rings. The number of carbonyl (C=O) groups is 3. The highest BCUT2D eigenvalue weighted by Crippen LogP contribution is 1.92. The fraction of sp³-hybridized carbons (Fsp3) is 0.375. The van der Waals surface area contributed by atoms with Gasteiger partial charge in [-0.3, -0.25) is 0 Å². The number of hydrogen-bond donors (Lipinski definition) is 1. The van der Waals surface area contributed by atoms with Gasteiger partial charge in [0.05, 0.1) is 7.11 Å². The van der Waals surface area contributed by atoms with Crippen LogP contribution in [0.5, 0.6) is 0 Å². The summed E-state index contributed by atoms with van der Waals surface area (Å²) in [5.41, 5.74) is 0. The Morgan fingerprint density at radius 3 is 2.14 bits per heavy atom. The molecule has 0 aromatic rings. The van der Waals surface area contributed by atoms with E-state index in [1.54, 1.807) is 0 Å². The fourth-order valence-electron chi connectivity index (χ4n) is 0.468. The van der Waals surface area contributed by atoms with Crippen molar-refractivity contribution < 1.29 is 29.0 Å². The summed E-state index contributed by atoms with van der Waals surface area (Å²) in [5.74, 6) is -2.89. The third kappa shape index (κ3) is 4.91. The number of esters is 2. The number of aliphatic carboxylic acids is 1. The van der Waals surface area contributed by atoms with E-state index in [2.05, 4.69) is 9.47 Å². The molecule has 0 saturated heterocycles. The predicted molar refractivity (Wildman–Crippen MR) is 44.3 cm³/mol. The third-order valence-corrected chi connectivity index (χ3v) is 1.20. The van der Waals surface area contributed by atoms with Gasteiger partial charge in [-0.1, -0.05) is 0 Å². The van der Waals surface area contributed by atoms with Crippen molar-refractivity contribution in [2.75, 3.05) is 7.11 Å². The van der Waals surface area contributed by atoms with E-state index < -0.39 is 24.0 Å². The predicted octanol–water partition coefficient (Wildman–Crippen LogP) is -0.268. The molecule has 1 N–H and O–H groups in total. The Hall–Kier alpha value is -1.85. The molecule has 0 amide bonds. The zero-order chi connectivity index (χ0) is 11.1. The molecule has 0 heterocycles. The monoisotopic (exact) mass is 202 g/mol. The lowest BCUT2D eigenvalue weighted by Gasteiger charge is -2.05. The zero-order valence-corrected chi connectivity index (χ0v) is 7.72. The minimum absolute atomic E-state index is 0.718. The van der Waals surface area contributed by atoms with Crippen LogP contribution in [0.15, 0.2) is 12.2 Å². The fourth-order valence-corrected chi connectivity index (χ4v) is 0.468. The van der Waals surface area contributed by atoms with Gasteiger partial charge in [-0.2, -0.15) is 0 Å². The van der Waals surface area contributed by atoms with E-state index in [0.29, 0.717) is 0 Å². The minimum Gasteiger partial charge on any atom is -0.479 e. The van der Waals surface area contributed by atoms with Crippen LogP contribution in [-0.2, 0) is 23.9 Å². The van der Waals surface area contributed by atoms with Crippen molar-refractivity contribution in [1.29, 1.82) is 0 Å². The van der Waals surface area contributed by atoms with Crippen LogP contribution >= 0.6 is 0 Å². The standard InChI is InChI=1S/C8H10O6/c1-5(8(11)12)14-7(10)4-3-6(9)13-2/h3-5H,1-2H3,(H,11,12)/b4-3+/t5-/m1/s1. The van der Waals surface area contributed by atoms with E-state index in [1.165, 1.54) is 6.92 Å². The van der Waals surface area contributed by atoms with Gasteiger partial charge in [-0.15, -0.1) is 0 Å². The van der Waals surface area contributed by atoms with Crippen molar-refractivity contribution in [3.63, 3.8) is 0 Å². The Morgan fingerprint density at radius 1 is 1.21 bits per heavy atom. The molecule has 78 valence electrons. The molecule has 0 aliphatic heterocycles. The molecule has 1 atom stereocenters. The first-order chi connectivity index (χ1) is 6.47. The smallest absolute Gasteiger partial charge is 0.344 e. The molecule has 0 rings (SSSR count). The first kappa shape index (κ1) is 12.2. The second kappa shape index (κ2) is 5.74. The van der Waals surface area contributed by atoms with Crippen LogP contribution in [0.1, 0.15) is 6.92 Å². The maximum absolute atomic E-state index is 10.8. The van der Waals surface area contributed by atoms with E-state index in [0.717, 1.165) is 19.3 Å². The number of carboxylic acid groups (broad SMARTS) is 1. The van der Waals surface area contributed by atoms with Crippen LogP contribution in [0.3, 0.4) is 0 Å². The molecule has 0 aliphatic carbocycles. The lowest BCUT2D eigenvalue weighted by atomic mass is 10.4. The summed E-state index contributed by atoms with van der Waals surface area (Å²) < 4.78 is 8.58. The summed E-state index contributed by atoms with van der Waals surface area (Å²) in [4.78, 5) is 31.5. The van der Waals surface area contributed by atoms with Gasteiger partial charge in [-0.05, 0) is 6.92 Å².